The maximum Gasteiger partial charge on any atom is 0.138 e. The predicted octanol–water partition coefficient (Wildman–Crippen LogP) is 1.42. The van der Waals surface area contributed by atoms with E-state index in [1.165, 1.54) is 6.07 Å². The topological polar surface area (TPSA) is 46.2 Å². The van der Waals surface area contributed by atoms with Crippen molar-refractivity contribution in [2.45, 2.75) is 6.92 Å². The quantitative estimate of drug-likeness (QED) is 0.424. The second-order valence-corrected chi connectivity index (χ2v) is 2.16. The lowest BCUT2D eigenvalue weighted by atomic mass is 10.2. The number of phenolic OH excluding ortho intramolecular Hbond substituents is 1. The van der Waals surface area contributed by atoms with Gasteiger partial charge in [0.2, 0.25) is 0 Å². The molecule has 0 aliphatic heterocycles. The number of aryl methyl sites for hydroxylation is 1. The van der Waals surface area contributed by atoms with E-state index < -0.39 is 5.82 Å². The first-order valence-electron chi connectivity index (χ1n) is 2.86. The fraction of sp³-hybridized carbons (Fsp3) is 0.143. The van der Waals surface area contributed by atoms with Gasteiger partial charge in [0, 0.05) is 6.07 Å². The van der Waals surface area contributed by atoms with Crippen LogP contribution >= 0.6 is 0 Å². The molecule has 3 heteroatoms. The summed E-state index contributed by atoms with van der Waals surface area (Å²) in [5.41, 5.74) is 5.67. The molecule has 0 amide bonds. The van der Waals surface area contributed by atoms with Gasteiger partial charge in [-0.25, -0.2) is 4.39 Å². The van der Waals surface area contributed by atoms with Crippen molar-refractivity contribution in [3.8, 4) is 5.75 Å². The third kappa shape index (κ3) is 1.03. The summed E-state index contributed by atoms with van der Waals surface area (Å²) in [5.74, 6) is -0.464. The molecule has 1 rings (SSSR count). The van der Waals surface area contributed by atoms with Gasteiger partial charge in [-0.1, -0.05) is 0 Å². The van der Waals surface area contributed by atoms with Crippen LogP contribution in [0.4, 0.5) is 10.1 Å². The minimum Gasteiger partial charge on any atom is -0.506 e. The van der Waals surface area contributed by atoms with Crippen molar-refractivity contribution >= 4 is 5.69 Å². The Morgan fingerprint density at radius 2 is 2.10 bits per heavy atom. The average Bonchev–Trinajstić information content (AvgIpc) is 1.84. The Labute approximate surface area is 58.1 Å². The van der Waals surface area contributed by atoms with Crippen molar-refractivity contribution in [1.82, 2.24) is 0 Å². The average molecular weight is 141 g/mol. The number of phenols is 1. The molecule has 0 aromatic heterocycles. The highest BCUT2D eigenvalue weighted by molar-refractivity contribution is 5.53. The summed E-state index contributed by atoms with van der Waals surface area (Å²) in [6.45, 7) is 1.56. The van der Waals surface area contributed by atoms with Gasteiger partial charge >= 0.3 is 0 Å². The van der Waals surface area contributed by atoms with Crippen LogP contribution in [0, 0.1) is 12.7 Å². The number of aromatic hydroxyl groups is 1. The molecule has 3 N–H and O–H groups in total. The van der Waals surface area contributed by atoms with E-state index in [4.69, 9.17) is 10.8 Å². The zero-order chi connectivity index (χ0) is 7.72. The highest BCUT2D eigenvalue weighted by Gasteiger charge is 2.01. The van der Waals surface area contributed by atoms with Crippen LogP contribution in [0.5, 0.6) is 5.75 Å². The van der Waals surface area contributed by atoms with Gasteiger partial charge in [0.25, 0.3) is 0 Å². The molecule has 0 atom stereocenters. The van der Waals surface area contributed by atoms with Gasteiger partial charge in [-0.05, 0) is 18.6 Å². The van der Waals surface area contributed by atoms with Crippen molar-refractivity contribution in [1.29, 1.82) is 0 Å². The lowest BCUT2D eigenvalue weighted by Gasteiger charge is -2.00. The van der Waals surface area contributed by atoms with E-state index in [1.807, 2.05) is 0 Å². The van der Waals surface area contributed by atoms with Crippen molar-refractivity contribution in [3.63, 3.8) is 0 Å². The number of halogens is 1. The van der Waals surface area contributed by atoms with Crippen LogP contribution in [0.1, 0.15) is 5.56 Å². The van der Waals surface area contributed by atoms with E-state index in [9.17, 15) is 4.39 Å². The Hall–Kier alpha value is -1.25. The summed E-state index contributed by atoms with van der Waals surface area (Å²) in [4.78, 5) is 0. The molecule has 10 heavy (non-hydrogen) atoms. The molecule has 0 aliphatic carbocycles. The highest BCUT2D eigenvalue weighted by Crippen LogP contribution is 2.22. The monoisotopic (exact) mass is 141 g/mol. The van der Waals surface area contributed by atoms with Crippen LogP contribution in [-0.4, -0.2) is 5.11 Å². The molecular weight excluding hydrogens is 133 g/mol. The van der Waals surface area contributed by atoms with Gasteiger partial charge in [-0.2, -0.15) is 0 Å². The van der Waals surface area contributed by atoms with E-state index >= 15 is 0 Å². The van der Waals surface area contributed by atoms with E-state index in [-0.39, 0.29) is 11.4 Å². The van der Waals surface area contributed by atoms with Crippen LogP contribution in [-0.2, 0) is 0 Å². The Morgan fingerprint density at radius 3 is 2.60 bits per heavy atom. The van der Waals surface area contributed by atoms with Crippen molar-refractivity contribution in [2.24, 2.45) is 0 Å². The Balaban J connectivity index is 3.28. The maximum atomic E-state index is 12.6. The number of nitrogens with two attached hydrogens (primary N) is 1. The van der Waals surface area contributed by atoms with E-state index in [1.54, 1.807) is 6.92 Å². The molecule has 1 aromatic rings. The summed E-state index contributed by atoms with van der Waals surface area (Å²) in [6.07, 6.45) is 0. The van der Waals surface area contributed by atoms with Crippen LogP contribution in [0.2, 0.25) is 0 Å². The summed E-state index contributed by atoms with van der Waals surface area (Å²) in [7, 11) is 0. The largest absolute Gasteiger partial charge is 0.506 e. The Morgan fingerprint density at radius 1 is 1.50 bits per heavy atom. The first kappa shape index (κ1) is 6.86. The van der Waals surface area contributed by atoms with Gasteiger partial charge in [-0.15, -0.1) is 0 Å². The zero-order valence-corrected chi connectivity index (χ0v) is 5.56. The van der Waals surface area contributed by atoms with Crippen molar-refractivity contribution in [3.05, 3.63) is 23.5 Å². The smallest absolute Gasteiger partial charge is 0.138 e. The number of anilines is 1. The minimum absolute atomic E-state index is 0.0705. The fourth-order valence-electron chi connectivity index (χ4n) is 0.682. The second-order valence-electron chi connectivity index (χ2n) is 2.16. The molecular formula is C7H8FNO. The van der Waals surface area contributed by atoms with Crippen molar-refractivity contribution < 1.29 is 9.50 Å². The molecule has 0 unspecified atom stereocenters. The summed E-state index contributed by atoms with van der Waals surface area (Å²) >= 11 is 0. The number of hydrogen-bond acceptors (Lipinski definition) is 2. The van der Waals surface area contributed by atoms with Gasteiger partial charge in [0.15, 0.2) is 0 Å². The Bertz CT molecular complexity index is 210. The first-order valence-corrected chi connectivity index (χ1v) is 2.86. The lowest BCUT2D eigenvalue weighted by molar-refractivity contribution is 0.475. The third-order valence-corrected chi connectivity index (χ3v) is 1.31. The van der Waals surface area contributed by atoms with Gasteiger partial charge in [0.05, 0.1) is 5.69 Å². The van der Waals surface area contributed by atoms with Crippen LogP contribution in [0.3, 0.4) is 0 Å². The maximum absolute atomic E-state index is 12.6. The van der Waals surface area contributed by atoms with Gasteiger partial charge in [-0.3, -0.25) is 0 Å². The molecule has 0 radical (unpaired) electrons. The zero-order valence-electron chi connectivity index (χ0n) is 5.56. The minimum atomic E-state index is -0.393. The normalized spacial score (nSPS) is 9.80. The SMILES string of the molecule is Cc1cc(O)c(N)cc1F. The molecule has 0 saturated heterocycles. The molecule has 0 heterocycles. The van der Waals surface area contributed by atoms with Gasteiger partial charge in [0.1, 0.15) is 11.6 Å². The summed E-state index contributed by atoms with van der Waals surface area (Å²) < 4.78 is 12.6. The summed E-state index contributed by atoms with van der Waals surface area (Å²) in [6, 6.07) is 2.40. The Kier molecular flexibility index (Phi) is 1.49. The van der Waals surface area contributed by atoms with Crippen LogP contribution in [0.25, 0.3) is 0 Å². The number of hydrogen-bond donors (Lipinski definition) is 2. The molecule has 1 aromatic carbocycles. The predicted molar refractivity (Wildman–Crippen MR) is 37.2 cm³/mol. The van der Waals surface area contributed by atoms with E-state index in [0.29, 0.717) is 5.56 Å². The molecule has 2 nitrogen and oxygen atoms in total. The second kappa shape index (κ2) is 2.17. The molecule has 0 spiro atoms. The highest BCUT2D eigenvalue weighted by atomic mass is 19.1. The number of rotatable bonds is 0. The number of benzene rings is 1. The summed E-state index contributed by atoms with van der Waals surface area (Å²) in [5, 5.41) is 8.93. The lowest BCUT2D eigenvalue weighted by Crippen LogP contribution is -1.89. The van der Waals surface area contributed by atoms with Crippen molar-refractivity contribution in [2.75, 3.05) is 5.73 Å². The molecule has 0 saturated carbocycles. The fourth-order valence-corrected chi connectivity index (χ4v) is 0.682. The van der Waals surface area contributed by atoms with E-state index in [2.05, 4.69) is 0 Å². The molecule has 0 bridgehead atoms. The molecule has 54 valence electrons. The van der Waals surface area contributed by atoms with Crippen LogP contribution in [0.15, 0.2) is 12.1 Å². The standard InChI is InChI=1S/C7H8FNO/c1-4-2-7(10)6(9)3-5(4)8/h2-3,10H,9H2,1H3. The van der Waals surface area contributed by atoms with Crippen LogP contribution < -0.4 is 5.73 Å². The molecule has 0 fully saturated rings. The first-order chi connectivity index (χ1) is 4.61. The van der Waals surface area contributed by atoms with Gasteiger partial charge < -0.3 is 10.8 Å². The third-order valence-electron chi connectivity index (χ3n) is 1.31. The van der Waals surface area contributed by atoms with E-state index in [0.717, 1.165) is 6.07 Å². The molecule has 0 aliphatic rings. The number of nitrogen functional groups attached to an aromatic ring is 1.